The number of benzene rings is 1. The predicted molar refractivity (Wildman–Crippen MR) is 87.3 cm³/mol. The zero-order chi connectivity index (χ0) is 15.7. The van der Waals surface area contributed by atoms with Crippen molar-refractivity contribution in [3.8, 4) is 6.07 Å². The van der Waals surface area contributed by atoms with Gasteiger partial charge in [0.05, 0.1) is 6.07 Å². The Morgan fingerprint density at radius 2 is 1.62 bits per heavy atom. The number of carbonyl (C=O) groups excluding carboxylic acids is 1. The second-order valence-corrected chi connectivity index (χ2v) is 6.01. The number of ketones is 1. The van der Waals surface area contributed by atoms with Crippen LogP contribution in [0.25, 0.3) is 0 Å². The van der Waals surface area contributed by atoms with Crippen LogP contribution in [0.2, 0.25) is 0 Å². The van der Waals surface area contributed by atoms with E-state index >= 15 is 0 Å². The Labute approximate surface area is 129 Å². The number of hydrogen-bond donors (Lipinski definition) is 0. The summed E-state index contributed by atoms with van der Waals surface area (Å²) < 4.78 is 0. The fourth-order valence-corrected chi connectivity index (χ4v) is 2.45. The molecule has 1 unspecified atom stereocenters. The minimum atomic E-state index is -0.600. The Bertz CT molecular complexity index is 467. The number of nitriles is 1. The summed E-state index contributed by atoms with van der Waals surface area (Å²) >= 11 is 0. The van der Waals surface area contributed by atoms with Gasteiger partial charge in [-0.1, -0.05) is 70.7 Å². The average molecular weight is 285 g/mol. The van der Waals surface area contributed by atoms with E-state index in [1.165, 1.54) is 24.8 Å². The maximum absolute atomic E-state index is 12.2. The van der Waals surface area contributed by atoms with Crippen LogP contribution in [0.3, 0.4) is 0 Å². The normalized spacial score (nSPS) is 12.1. The van der Waals surface area contributed by atoms with Crippen LogP contribution in [-0.4, -0.2) is 5.78 Å². The number of unbranched alkanes of at least 4 members (excludes halogenated alkanes) is 4. The Morgan fingerprint density at radius 1 is 1.05 bits per heavy atom. The van der Waals surface area contributed by atoms with Gasteiger partial charge in [-0.15, -0.1) is 0 Å². The minimum absolute atomic E-state index is 0.0614. The molecule has 1 aromatic rings. The molecule has 0 N–H and O–H groups in total. The summed E-state index contributed by atoms with van der Waals surface area (Å²) in [6, 6.07) is 10.1. The summed E-state index contributed by atoms with van der Waals surface area (Å²) in [6.07, 6.45) is 6.13. The molecule has 114 valence electrons. The van der Waals surface area contributed by atoms with Crippen molar-refractivity contribution in [1.82, 2.24) is 0 Å². The molecule has 1 aromatic carbocycles. The maximum Gasteiger partial charge on any atom is 0.154 e. The zero-order valence-electron chi connectivity index (χ0n) is 13.6. The summed E-state index contributed by atoms with van der Waals surface area (Å²) in [5.41, 5.74) is 2.07. The average Bonchev–Trinajstić information content (AvgIpc) is 2.48. The number of nitrogens with zero attached hydrogens (tertiary/aromatic N) is 1. The van der Waals surface area contributed by atoms with Crippen LogP contribution in [0.4, 0.5) is 0 Å². The largest absolute Gasteiger partial charge is 0.298 e. The van der Waals surface area contributed by atoms with E-state index in [1.807, 2.05) is 24.3 Å². The van der Waals surface area contributed by atoms with Gasteiger partial charge in [0.1, 0.15) is 5.92 Å². The van der Waals surface area contributed by atoms with Crippen molar-refractivity contribution >= 4 is 5.78 Å². The molecule has 0 heterocycles. The fourth-order valence-electron chi connectivity index (χ4n) is 2.45. The predicted octanol–water partition coefficient (Wildman–Crippen LogP) is 5.35. The van der Waals surface area contributed by atoms with E-state index in [-0.39, 0.29) is 5.78 Å². The van der Waals surface area contributed by atoms with Gasteiger partial charge in [0.15, 0.2) is 5.78 Å². The van der Waals surface area contributed by atoms with Gasteiger partial charge in [-0.2, -0.15) is 5.26 Å². The van der Waals surface area contributed by atoms with Gasteiger partial charge >= 0.3 is 0 Å². The second kappa shape index (κ2) is 9.34. The Kier molecular flexibility index (Phi) is 7.75. The van der Waals surface area contributed by atoms with Crippen LogP contribution in [0.5, 0.6) is 0 Å². The van der Waals surface area contributed by atoms with Crippen molar-refractivity contribution in [3.05, 3.63) is 35.4 Å². The molecule has 1 atom stereocenters. The summed E-state index contributed by atoms with van der Waals surface area (Å²) in [5.74, 6) is -0.0717. The minimum Gasteiger partial charge on any atom is -0.298 e. The molecule has 0 fully saturated rings. The van der Waals surface area contributed by atoms with Crippen LogP contribution in [-0.2, 0) is 4.79 Å². The van der Waals surface area contributed by atoms with E-state index < -0.39 is 5.92 Å². The summed E-state index contributed by atoms with van der Waals surface area (Å²) in [7, 11) is 0. The van der Waals surface area contributed by atoms with Crippen molar-refractivity contribution in [2.45, 2.75) is 71.1 Å². The molecule has 0 amide bonds. The first-order chi connectivity index (χ1) is 10.1. The van der Waals surface area contributed by atoms with E-state index in [2.05, 4.69) is 26.8 Å². The fraction of sp³-hybridized carbons (Fsp3) is 0.579. The highest BCUT2D eigenvalue weighted by atomic mass is 16.1. The number of rotatable bonds is 9. The zero-order valence-corrected chi connectivity index (χ0v) is 13.6. The first kappa shape index (κ1) is 17.4. The lowest BCUT2D eigenvalue weighted by Crippen LogP contribution is -2.10. The van der Waals surface area contributed by atoms with E-state index in [0.29, 0.717) is 12.3 Å². The Morgan fingerprint density at radius 3 is 2.14 bits per heavy atom. The van der Waals surface area contributed by atoms with Crippen molar-refractivity contribution in [3.63, 3.8) is 0 Å². The van der Waals surface area contributed by atoms with Gasteiger partial charge in [0.25, 0.3) is 0 Å². The summed E-state index contributed by atoms with van der Waals surface area (Å²) in [5, 5.41) is 9.30. The molecular formula is C19H27NO. The SMILES string of the molecule is CCCCCCCC(=O)C(C#N)c1ccc(C(C)C)cc1. The third-order valence-corrected chi connectivity index (χ3v) is 3.91. The first-order valence-corrected chi connectivity index (χ1v) is 8.12. The molecule has 0 aliphatic carbocycles. The molecule has 0 saturated heterocycles. The van der Waals surface area contributed by atoms with E-state index in [4.69, 9.17) is 0 Å². The second-order valence-electron chi connectivity index (χ2n) is 6.01. The molecule has 0 saturated carbocycles. The molecule has 0 aromatic heterocycles. The lowest BCUT2D eigenvalue weighted by Gasteiger charge is -2.11. The highest BCUT2D eigenvalue weighted by Gasteiger charge is 2.19. The van der Waals surface area contributed by atoms with Crippen molar-refractivity contribution < 1.29 is 4.79 Å². The van der Waals surface area contributed by atoms with Crippen LogP contribution in [0.1, 0.15) is 82.3 Å². The van der Waals surface area contributed by atoms with Gasteiger partial charge in [0.2, 0.25) is 0 Å². The smallest absolute Gasteiger partial charge is 0.154 e. The number of carbonyl (C=O) groups is 1. The van der Waals surface area contributed by atoms with Crippen LogP contribution in [0, 0.1) is 11.3 Å². The standard InChI is InChI=1S/C19H27NO/c1-4-5-6-7-8-9-19(21)18(14-20)17-12-10-16(11-13-17)15(2)3/h10-13,15,18H,4-9H2,1-3H3. The molecule has 0 aliphatic heterocycles. The van der Waals surface area contributed by atoms with Crippen molar-refractivity contribution in [2.24, 2.45) is 0 Å². The number of hydrogen-bond acceptors (Lipinski definition) is 2. The molecule has 2 heteroatoms. The Balaban J connectivity index is 2.57. The van der Waals surface area contributed by atoms with E-state index in [0.717, 1.165) is 18.4 Å². The third kappa shape index (κ3) is 5.71. The topological polar surface area (TPSA) is 40.9 Å². The van der Waals surface area contributed by atoms with Crippen molar-refractivity contribution in [2.75, 3.05) is 0 Å². The highest BCUT2D eigenvalue weighted by Crippen LogP contribution is 2.22. The van der Waals surface area contributed by atoms with E-state index in [9.17, 15) is 10.1 Å². The quantitative estimate of drug-likeness (QED) is 0.574. The molecule has 1 rings (SSSR count). The van der Waals surface area contributed by atoms with Crippen molar-refractivity contribution in [1.29, 1.82) is 5.26 Å². The van der Waals surface area contributed by atoms with Crippen LogP contribution in [0.15, 0.2) is 24.3 Å². The molecule has 0 spiro atoms. The first-order valence-electron chi connectivity index (χ1n) is 8.12. The Hall–Kier alpha value is -1.62. The maximum atomic E-state index is 12.2. The summed E-state index contributed by atoms with van der Waals surface area (Å²) in [6.45, 7) is 6.45. The van der Waals surface area contributed by atoms with Gasteiger partial charge in [-0.3, -0.25) is 4.79 Å². The van der Waals surface area contributed by atoms with E-state index in [1.54, 1.807) is 0 Å². The van der Waals surface area contributed by atoms with Gasteiger partial charge in [0, 0.05) is 6.42 Å². The molecular weight excluding hydrogens is 258 g/mol. The molecule has 21 heavy (non-hydrogen) atoms. The van der Waals surface area contributed by atoms with Crippen LogP contribution < -0.4 is 0 Å². The lowest BCUT2D eigenvalue weighted by atomic mass is 9.91. The van der Waals surface area contributed by atoms with Gasteiger partial charge in [-0.25, -0.2) is 0 Å². The number of Topliss-reactive ketones (excluding diaryl/α,β-unsaturated/α-hetero) is 1. The lowest BCUT2D eigenvalue weighted by molar-refractivity contribution is -0.119. The molecule has 0 radical (unpaired) electrons. The summed E-state index contributed by atoms with van der Waals surface area (Å²) in [4.78, 5) is 12.2. The van der Waals surface area contributed by atoms with Gasteiger partial charge in [-0.05, 0) is 23.5 Å². The third-order valence-electron chi connectivity index (χ3n) is 3.91. The monoisotopic (exact) mass is 285 g/mol. The molecule has 0 aliphatic rings. The van der Waals surface area contributed by atoms with Crippen LogP contribution >= 0.6 is 0 Å². The van der Waals surface area contributed by atoms with Gasteiger partial charge < -0.3 is 0 Å². The highest BCUT2D eigenvalue weighted by molar-refractivity contribution is 5.88. The molecule has 0 bridgehead atoms. The molecule has 2 nitrogen and oxygen atoms in total.